The second-order valence-electron chi connectivity index (χ2n) is 5.33. The average Bonchev–Trinajstić information content (AvgIpc) is 3.16. The van der Waals surface area contributed by atoms with Crippen molar-refractivity contribution in [2.45, 2.75) is 0 Å². The van der Waals surface area contributed by atoms with Crippen LogP contribution in [0.25, 0.3) is 11.3 Å². The zero-order chi connectivity index (χ0) is 18.4. The summed E-state index contributed by atoms with van der Waals surface area (Å²) in [4.78, 5) is 12.0. The molecule has 0 bridgehead atoms. The van der Waals surface area contributed by atoms with Gasteiger partial charge in [0.1, 0.15) is 11.5 Å². The maximum absolute atomic E-state index is 12.0. The standard InChI is InChI=1S/C19H18N4O3/c1-25-15-8-9-16(17(10-15)26-2)18-14(11-20-22-18)12-21-23-19(24)13-6-4-3-5-7-13/h3-12H,1-2H3,(H,20,22)(H,23,24)/b21-12-. The molecule has 3 rings (SSSR count). The lowest BCUT2D eigenvalue weighted by atomic mass is 10.1. The first kappa shape index (κ1) is 17.2. The van der Waals surface area contributed by atoms with E-state index in [1.165, 1.54) is 6.21 Å². The van der Waals surface area contributed by atoms with E-state index in [0.29, 0.717) is 22.6 Å². The molecule has 0 aliphatic carbocycles. The molecule has 0 aliphatic heterocycles. The van der Waals surface area contributed by atoms with E-state index in [2.05, 4.69) is 20.7 Å². The quantitative estimate of drug-likeness (QED) is 0.528. The summed E-state index contributed by atoms with van der Waals surface area (Å²) < 4.78 is 10.6. The van der Waals surface area contributed by atoms with Gasteiger partial charge in [-0.15, -0.1) is 0 Å². The van der Waals surface area contributed by atoms with E-state index in [1.807, 2.05) is 18.2 Å². The van der Waals surface area contributed by atoms with Crippen molar-refractivity contribution in [2.75, 3.05) is 14.2 Å². The monoisotopic (exact) mass is 350 g/mol. The molecule has 0 spiro atoms. The van der Waals surface area contributed by atoms with Crippen molar-refractivity contribution < 1.29 is 14.3 Å². The van der Waals surface area contributed by atoms with Crippen molar-refractivity contribution in [1.82, 2.24) is 15.6 Å². The van der Waals surface area contributed by atoms with E-state index < -0.39 is 0 Å². The van der Waals surface area contributed by atoms with E-state index >= 15 is 0 Å². The molecule has 3 aromatic rings. The number of hydrogen-bond donors (Lipinski definition) is 2. The van der Waals surface area contributed by atoms with E-state index in [4.69, 9.17) is 9.47 Å². The van der Waals surface area contributed by atoms with Crippen LogP contribution >= 0.6 is 0 Å². The van der Waals surface area contributed by atoms with Gasteiger partial charge in [-0.3, -0.25) is 9.89 Å². The highest BCUT2D eigenvalue weighted by molar-refractivity contribution is 5.95. The van der Waals surface area contributed by atoms with Gasteiger partial charge < -0.3 is 9.47 Å². The highest BCUT2D eigenvalue weighted by atomic mass is 16.5. The largest absolute Gasteiger partial charge is 0.497 e. The molecule has 0 saturated carbocycles. The van der Waals surface area contributed by atoms with Gasteiger partial charge in [0.15, 0.2) is 0 Å². The van der Waals surface area contributed by atoms with E-state index in [9.17, 15) is 4.79 Å². The molecule has 2 N–H and O–H groups in total. The fraction of sp³-hybridized carbons (Fsp3) is 0.105. The number of nitrogens with one attached hydrogen (secondary N) is 2. The summed E-state index contributed by atoms with van der Waals surface area (Å²) in [5.74, 6) is 1.04. The zero-order valence-corrected chi connectivity index (χ0v) is 14.4. The van der Waals surface area contributed by atoms with Crippen LogP contribution in [0.4, 0.5) is 0 Å². The van der Waals surface area contributed by atoms with Crippen LogP contribution < -0.4 is 14.9 Å². The van der Waals surface area contributed by atoms with Gasteiger partial charge in [0.05, 0.1) is 32.3 Å². The molecular formula is C19H18N4O3. The number of amides is 1. The van der Waals surface area contributed by atoms with Gasteiger partial charge in [0, 0.05) is 22.8 Å². The molecule has 0 fully saturated rings. The molecule has 0 aliphatic rings. The maximum Gasteiger partial charge on any atom is 0.271 e. The van der Waals surface area contributed by atoms with Gasteiger partial charge in [-0.1, -0.05) is 18.2 Å². The number of methoxy groups -OCH3 is 2. The van der Waals surface area contributed by atoms with Gasteiger partial charge in [-0.05, 0) is 24.3 Å². The number of aromatic nitrogens is 2. The van der Waals surface area contributed by atoms with E-state index in [1.54, 1.807) is 50.7 Å². The maximum atomic E-state index is 12.0. The van der Waals surface area contributed by atoms with Crippen molar-refractivity contribution in [3.63, 3.8) is 0 Å². The van der Waals surface area contributed by atoms with Crippen LogP contribution in [0.15, 0.2) is 59.8 Å². The average molecular weight is 350 g/mol. The Balaban J connectivity index is 1.80. The van der Waals surface area contributed by atoms with Crippen molar-refractivity contribution in [3.05, 3.63) is 65.9 Å². The minimum Gasteiger partial charge on any atom is -0.497 e. The minimum atomic E-state index is -0.283. The molecule has 2 aromatic carbocycles. The molecule has 0 atom stereocenters. The first-order chi connectivity index (χ1) is 12.7. The molecule has 1 aromatic heterocycles. The van der Waals surface area contributed by atoms with E-state index in [-0.39, 0.29) is 5.91 Å². The van der Waals surface area contributed by atoms with Crippen molar-refractivity contribution in [1.29, 1.82) is 0 Å². The summed E-state index contributed by atoms with van der Waals surface area (Å²) in [6, 6.07) is 14.4. The highest BCUT2D eigenvalue weighted by Crippen LogP contribution is 2.33. The summed E-state index contributed by atoms with van der Waals surface area (Å²) in [6.07, 6.45) is 3.15. The second-order valence-corrected chi connectivity index (χ2v) is 5.33. The molecule has 26 heavy (non-hydrogen) atoms. The number of carbonyl (C=O) groups excluding carboxylic acids is 1. The van der Waals surface area contributed by atoms with Gasteiger partial charge in [-0.2, -0.15) is 10.2 Å². The SMILES string of the molecule is COc1ccc(-c2[nH]ncc2/C=N\NC(=O)c2ccccc2)c(OC)c1. The number of benzene rings is 2. The number of ether oxygens (including phenoxy) is 2. The number of nitrogens with zero attached hydrogens (tertiary/aromatic N) is 2. The van der Waals surface area contributed by atoms with Crippen molar-refractivity contribution in [2.24, 2.45) is 5.10 Å². The molecule has 0 unspecified atom stereocenters. The lowest BCUT2D eigenvalue weighted by Gasteiger charge is -2.09. The van der Waals surface area contributed by atoms with Gasteiger partial charge in [-0.25, -0.2) is 5.43 Å². The number of carbonyl (C=O) groups is 1. The third-order valence-corrected chi connectivity index (χ3v) is 3.75. The van der Waals surface area contributed by atoms with Crippen LogP contribution in [0.5, 0.6) is 11.5 Å². The second kappa shape index (κ2) is 7.98. The van der Waals surface area contributed by atoms with Gasteiger partial charge >= 0.3 is 0 Å². The topological polar surface area (TPSA) is 88.6 Å². The van der Waals surface area contributed by atoms with Crippen LogP contribution in [-0.2, 0) is 0 Å². The fourth-order valence-electron chi connectivity index (χ4n) is 2.43. The Kier molecular flexibility index (Phi) is 5.28. The summed E-state index contributed by atoms with van der Waals surface area (Å²) >= 11 is 0. The van der Waals surface area contributed by atoms with Gasteiger partial charge in [0.25, 0.3) is 5.91 Å². The third kappa shape index (κ3) is 3.72. The summed E-state index contributed by atoms with van der Waals surface area (Å²) in [5.41, 5.74) is 5.28. The van der Waals surface area contributed by atoms with Gasteiger partial charge in [0.2, 0.25) is 0 Å². The summed E-state index contributed by atoms with van der Waals surface area (Å²) in [5, 5.41) is 11.0. The molecule has 1 amide bonds. The number of H-pyrrole nitrogens is 1. The Morgan fingerprint density at radius 3 is 2.69 bits per heavy atom. The van der Waals surface area contributed by atoms with Crippen LogP contribution in [0, 0.1) is 0 Å². The van der Waals surface area contributed by atoms with Crippen molar-refractivity contribution in [3.8, 4) is 22.8 Å². The molecule has 7 nitrogen and oxygen atoms in total. The molecule has 7 heteroatoms. The number of rotatable bonds is 6. The zero-order valence-electron chi connectivity index (χ0n) is 14.4. The first-order valence-corrected chi connectivity index (χ1v) is 7.87. The normalized spacial score (nSPS) is 10.7. The van der Waals surface area contributed by atoms with Crippen LogP contribution in [-0.4, -0.2) is 36.5 Å². The molecule has 0 saturated heterocycles. The highest BCUT2D eigenvalue weighted by Gasteiger charge is 2.13. The Hall–Kier alpha value is -3.61. The Labute approximate surface area is 150 Å². The summed E-state index contributed by atoms with van der Waals surface area (Å²) in [7, 11) is 3.18. The minimum absolute atomic E-state index is 0.283. The Morgan fingerprint density at radius 2 is 1.96 bits per heavy atom. The number of hydrazone groups is 1. The molecule has 132 valence electrons. The predicted octanol–water partition coefficient (Wildman–Crippen LogP) is 2.86. The smallest absolute Gasteiger partial charge is 0.271 e. The lowest BCUT2D eigenvalue weighted by molar-refractivity contribution is 0.0955. The van der Waals surface area contributed by atoms with Crippen LogP contribution in [0.1, 0.15) is 15.9 Å². The fourth-order valence-corrected chi connectivity index (χ4v) is 2.43. The molecular weight excluding hydrogens is 332 g/mol. The molecule has 1 heterocycles. The Morgan fingerprint density at radius 1 is 1.15 bits per heavy atom. The van der Waals surface area contributed by atoms with Crippen LogP contribution in [0.2, 0.25) is 0 Å². The van der Waals surface area contributed by atoms with Crippen molar-refractivity contribution >= 4 is 12.1 Å². The first-order valence-electron chi connectivity index (χ1n) is 7.87. The van der Waals surface area contributed by atoms with E-state index in [0.717, 1.165) is 11.3 Å². The third-order valence-electron chi connectivity index (χ3n) is 3.75. The lowest BCUT2D eigenvalue weighted by Crippen LogP contribution is -2.17. The summed E-state index contributed by atoms with van der Waals surface area (Å²) in [6.45, 7) is 0. The number of aromatic amines is 1. The predicted molar refractivity (Wildman–Crippen MR) is 98.6 cm³/mol. The Bertz CT molecular complexity index is 920. The molecule has 0 radical (unpaired) electrons. The number of hydrogen-bond acceptors (Lipinski definition) is 5. The van der Waals surface area contributed by atoms with Crippen LogP contribution in [0.3, 0.4) is 0 Å².